The third-order valence-corrected chi connectivity index (χ3v) is 5.24. The molecule has 130 valence electrons. The number of hydrogen-bond donors (Lipinski definition) is 2. The quantitative estimate of drug-likeness (QED) is 0.832. The minimum absolute atomic E-state index is 0.0809. The van der Waals surface area contributed by atoms with Crippen LogP contribution in [0.2, 0.25) is 0 Å². The molecule has 5 heteroatoms. The molecule has 0 bridgehead atoms. The lowest BCUT2D eigenvalue weighted by Crippen LogP contribution is -2.52. The van der Waals surface area contributed by atoms with Gasteiger partial charge in [-0.3, -0.25) is 4.79 Å². The summed E-state index contributed by atoms with van der Waals surface area (Å²) in [6, 6.07) is 7.22. The van der Waals surface area contributed by atoms with Gasteiger partial charge in [0.2, 0.25) is 5.91 Å². The van der Waals surface area contributed by atoms with Crippen molar-refractivity contribution in [1.82, 2.24) is 10.6 Å². The van der Waals surface area contributed by atoms with Gasteiger partial charge in [-0.25, -0.2) is 4.79 Å². The van der Waals surface area contributed by atoms with E-state index in [0.29, 0.717) is 5.56 Å². The fraction of sp³-hybridized carbons (Fsp3) is 0.579. The highest BCUT2D eigenvalue weighted by atomic mass is 16.5. The maximum atomic E-state index is 12.7. The Labute approximate surface area is 143 Å². The number of carbonyl (C=O) groups excluding carboxylic acids is 2. The van der Waals surface area contributed by atoms with Gasteiger partial charge in [-0.2, -0.15) is 0 Å². The van der Waals surface area contributed by atoms with E-state index in [4.69, 9.17) is 4.74 Å². The molecule has 1 aromatic carbocycles. The molecular formula is C19H26N2O3. The smallest absolute Gasteiger partial charge is 0.337 e. The van der Waals surface area contributed by atoms with Crippen molar-refractivity contribution < 1.29 is 14.3 Å². The van der Waals surface area contributed by atoms with E-state index < -0.39 is 0 Å². The summed E-state index contributed by atoms with van der Waals surface area (Å²) in [5.74, 6) is -0.263. The van der Waals surface area contributed by atoms with Gasteiger partial charge in [0.05, 0.1) is 24.3 Å². The van der Waals surface area contributed by atoms with Gasteiger partial charge in [0.15, 0.2) is 0 Å². The van der Waals surface area contributed by atoms with Gasteiger partial charge in [-0.05, 0) is 55.3 Å². The van der Waals surface area contributed by atoms with E-state index in [2.05, 4.69) is 24.5 Å². The van der Waals surface area contributed by atoms with Crippen molar-refractivity contribution in [3.63, 3.8) is 0 Å². The molecule has 24 heavy (non-hydrogen) atoms. The van der Waals surface area contributed by atoms with Gasteiger partial charge in [-0.1, -0.05) is 26.0 Å². The Hall–Kier alpha value is -1.88. The maximum absolute atomic E-state index is 12.7. The summed E-state index contributed by atoms with van der Waals surface area (Å²) < 4.78 is 4.72. The minimum atomic E-state index is -0.343. The largest absolute Gasteiger partial charge is 0.465 e. The summed E-state index contributed by atoms with van der Waals surface area (Å²) in [4.78, 5) is 24.2. The predicted octanol–water partition coefficient (Wildman–Crippen LogP) is 2.36. The molecule has 1 atom stereocenters. The van der Waals surface area contributed by atoms with E-state index in [1.54, 1.807) is 12.1 Å². The van der Waals surface area contributed by atoms with Gasteiger partial charge < -0.3 is 15.4 Å². The van der Waals surface area contributed by atoms with Crippen LogP contribution in [0.25, 0.3) is 0 Å². The Morgan fingerprint density at radius 1 is 1.17 bits per heavy atom. The zero-order chi connectivity index (χ0) is 17.4. The van der Waals surface area contributed by atoms with E-state index >= 15 is 0 Å². The van der Waals surface area contributed by atoms with E-state index in [-0.39, 0.29) is 28.9 Å². The second kappa shape index (κ2) is 6.20. The zero-order valence-electron chi connectivity index (χ0n) is 14.6. The molecule has 0 radical (unpaired) electrons. The van der Waals surface area contributed by atoms with Gasteiger partial charge in [0.1, 0.15) is 0 Å². The van der Waals surface area contributed by atoms with E-state index in [0.717, 1.165) is 37.8 Å². The van der Waals surface area contributed by atoms with Crippen molar-refractivity contribution in [2.75, 3.05) is 13.7 Å². The second-order valence-electron chi connectivity index (χ2n) is 7.77. The van der Waals surface area contributed by atoms with Gasteiger partial charge in [0.25, 0.3) is 0 Å². The number of hydrogen-bond acceptors (Lipinski definition) is 4. The van der Waals surface area contributed by atoms with Crippen LogP contribution < -0.4 is 10.6 Å². The summed E-state index contributed by atoms with van der Waals surface area (Å²) in [7, 11) is 1.37. The maximum Gasteiger partial charge on any atom is 0.337 e. The highest BCUT2D eigenvalue weighted by molar-refractivity contribution is 5.89. The first-order valence-corrected chi connectivity index (χ1v) is 8.60. The topological polar surface area (TPSA) is 67.4 Å². The first kappa shape index (κ1) is 17.0. The Morgan fingerprint density at radius 2 is 1.83 bits per heavy atom. The van der Waals surface area contributed by atoms with E-state index in [1.807, 2.05) is 12.1 Å². The first-order valence-electron chi connectivity index (χ1n) is 8.60. The number of piperidine rings is 1. The monoisotopic (exact) mass is 330 g/mol. The van der Waals surface area contributed by atoms with Crippen molar-refractivity contribution in [3.05, 3.63) is 35.4 Å². The molecule has 1 aliphatic heterocycles. The lowest BCUT2D eigenvalue weighted by atomic mass is 9.79. The molecule has 0 unspecified atom stereocenters. The molecule has 1 aromatic rings. The molecule has 2 fully saturated rings. The molecule has 1 amide bonds. The summed E-state index contributed by atoms with van der Waals surface area (Å²) in [6.07, 6.45) is 3.83. The number of carbonyl (C=O) groups is 2. The van der Waals surface area contributed by atoms with Gasteiger partial charge in [0, 0.05) is 0 Å². The molecule has 5 nitrogen and oxygen atoms in total. The van der Waals surface area contributed by atoms with E-state index in [1.165, 1.54) is 7.11 Å². The Morgan fingerprint density at radius 3 is 2.38 bits per heavy atom. The van der Waals surface area contributed by atoms with Crippen molar-refractivity contribution in [3.8, 4) is 0 Å². The molecule has 1 saturated heterocycles. The fourth-order valence-corrected chi connectivity index (χ4v) is 3.47. The average molecular weight is 330 g/mol. The molecular weight excluding hydrogens is 304 g/mol. The molecule has 2 N–H and O–H groups in total. The Bertz CT molecular complexity index is 633. The highest BCUT2D eigenvalue weighted by Crippen LogP contribution is 2.45. The Kier molecular flexibility index (Phi) is 4.38. The molecule has 3 rings (SSSR count). The number of nitrogens with one attached hydrogen (secondary N) is 2. The number of rotatable bonds is 4. The standard InChI is InChI=1S/C19H26N2O3/c1-18(2)10-11-20-15(12-18)16(22)21-19(8-9-19)14-6-4-13(5-7-14)17(23)24-3/h4-7,15,20H,8-12H2,1-3H3,(H,21,22)/t15-/m0/s1. The SMILES string of the molecule is COC(=O)c1ccc(C2(NC(=O)[C@@H]3CC(C)(C)CCN3)CC2)cc1. The lowest BCUT2D eigenvalue weighted by Gasteiger charge is -2.36. The number of amides is 1. The molecule has 0 spiro atoms. The van der Waals surface area contributed by atoms with Crippen LogP contribution in [0.15, 0.2) is 24.3 Å². The second-order valence-corrected chi connectivity index (χ2v) is 7.77. The van der Waals surface area contributed by atoms with Crippen LogP contribution in [0.4, 0.5) is 0 Å². The van der Waals surface area contributed by atoms with Crippen LogP contribution in [-0.4, -0.2) is 31.6 Å². The van der Waals surface area contributed by atoms with Crippen molar-refractivity contribution >= 4 is 11.9 Å². The lowest BCUT2D eigenvalue weighted by molar-refractivity contribution is -0.125. The van der Waals surface area contributed by atoms with Crippen molar-refractivity contribution in [2.45, 2.75) is 51.1 Å². The summed E-state index contributed by atoms with van der Waals surface area (Å²) >= 11 is 0. The van der Waals surface area contributed by atoms with Gasteiger partial charge in [-0.15, -0.1) is 0 Å². The summed E-state index contributed by atoms with van der Waals surface area (Å²) in [5.41, 5.74) is 1.51. The average Bonchev–Trinajstić information content (AvgIpc) is 3.34. The number of methoxy groups -OCH3 is 1. The molecule has 1 aliphatic carbocycles. The number of ether oxygens (including phenoxy) is 1. The van der Waals surface area contributed by atoms with E-state index in [9.17, 15) is 9.59 Å². The van der Waals surface area contributed by atoms with Crippen LogP contribution in [0, 0.1) is 5.41 Å². The zero-order valence-corrected chi connectivity index (χ0v) is 14.6. The fourth-order valence-electron chi connectivity index (χ4n) is 3.47. The van der Waals surface area contributed by atoms with Crippen molar-refractivity contribution in [2.24, 2.45) is 5.41 Å². The first-order chi connectivity index (χ1) is 11.4. The molecule has 1 heterocycles. The molecule has 1 saturated carbocycles. The molecule has 2 aliphatic rings. The van der Waals surface area contributed by atoms with Crippen molar-refractivity contribution in [1.29, 1.82) is 0 Å². The van der Waals surface area contributed by atoms with Crippen LogP contribution in [0.3, 0.4) is 0 Å². The molecule has 0 aromatic heterocycles. The number of esters is 1. The third-order valence-electron chi connectivity index (χ3n) is 5.24. The summed E-state index contributed by atoms with van der Waals surface area (Å²) in [6.45, 7) is 5.31. The van der Waals surface area contributed by atoms with Crippen LogP contribution in [0.5, 0.6) is 0 Å². The highest BCUT2D eigenvalue weighted by Gasteiger charge is 2.47. The number of benzene rings is 1. The van der Waals surface area contributed by atoms with Crippen LogP contribution >= 0.6 is 0 Å². The normalized spacial score (nSPS) is 24.0. The van der Waals surface area contributed by atoms with Crippen LogP contribution in [-0.2, 0) is 15.1 Å². The summed E-state index contributed by atoms with van der Waals surface area (Å²) in [5, 5.41) is 6.57. The minimum Gasteiger partial charge on any atom is -0.465 e. The van der Waals surface area contributed by atoms with Gasteiger partial charge >= 0.3 is 5.97 Å². The Balaban J connectivity index is 1.68. The third kappa shape index (κ3) is 3.46. The van der Waals surface area contributed by atoms with Crippen LogP contribution in [0.1, 0.15) is 55.5 Å². The predicted molar refractivity (Wildman–Crippen MR) is 91.6 cm³/mol.